The number of pyridine rings is 1. The van der Waals surface area contributed by atoms with Gasteiger partial charge in [-0.2, -0.15) is 0 Å². The van der Waals surface area contributed by atoms with Crippen molar-refractivity contribution in [3.8, 4) is 17.0 Å². The monoisotopic (exact) mass is 302 g/mol. The number of ether oxygens (including phenoxy) is 2. The molecular weight excluding hydrogens is 280 g/mol. The van der Waals surface area contributed by atoms with E-state index >= 15 is 0 Å². The van der Waals surface area contributed by atoms with Crippen LogP contribution in [-0.4, -0.2) is 25.4 Å². The van der Waals surface area contributed by atoms with Gasteiger partial charge in [0, 0.05) is 37.9 Å². The molecule has 1 aromatic carbocycles. The minimum absolute atomic E-state index is 0.0427. The molecule has 0 aliphatic heterocycles. The zero-order valence-corrected chi connectivity index (χ0v) is 13.0. The molecule has 0 aliphatic carbocycles. The van der Waals surface area contributed by atoms with Crippen molar-refractivity contribution in [1.29, 1.82) is 0 Å². The summed E-state index contributed by atoms with van der Waals surface area (Å²) >= 11 is 0. The van der Waals surface area contributed by atoms with Gasteiger partial charge < -0.3 is 19.8 Å². The van der Waals surface area contributed by atoms with Crippen LogP contribution < -0.4 is 16.0 Å². The lowest BCUT2D eigenvalue weighted by molar-refractivity contribution is 0.190. The summed E-state index contributed by atoms with van der Waals surface area (Å²) in [4.78, 5) is 12.6. The summed E-state index contributed by atoms with van der Waals surface area (Å²) in [7, 11) is 3.28. The van der Waals surface area contributed by atoms with Crippen molar-refractivity contribution in [2.45, 2.75) is 19.5 Å². The molecule has 0 amide bonds. The van der Waals surface area contributed by atoms with E-state index in [9.17, 15) is 4.79 Å². The third-order valence-electron chi connectivity index (χ3n) is 3.57. The second kappa shape index (κ2) is 7.77. The molecular formula is C17H22N2O3. The lowest BCUT2D eigenvalue weighted by Crippen LogP contribution is -2.27. The Morgan fingerprint density at radius 1 is 1.18 bits per heavy atom. The molecule has 0 saturated carbocycles. The first-order valence-corrected chi connectivity index (χ1v) is 7.27. The normalized spacial score (nSPS) is 10.7. The molecule has 2 rings (SSSR count). The van der Waals surface area contributed by atoms with Crippen LogP contribution in [0.2, 0.25) is 0 Å². The Balaban J connectivity index is 2.49. The van der Waals surface area contributed by atoms with Crippen LogP contribution in [0.4, 0.5) is 0 Å². The van der Waals surface area contributed by atoms with Crippen LogP contribution >= 0.6 is 0 Å². The number of methoxy groups -OCH3 is 2. The molecule has 2 aromatic rings. The molecule has 118 valence electrons. The lowest BCUT2D eigenvalue weighted by atomic mass is 10.1. The summed E-state index contributed by atoms with van der Waals surface area (Å²) in [5, 5.41) is 0. The number of aromatic nitrogens is 1. The molecule has 0 bridgehead atoms. The third-order valence-corrected chi connectivity index (χ3v) is 3.57. The maximum Gasteiger partial charge on any atom is 0.255 e. The predicted molar refractivity (Wildman–Crippen MR) is 87.1 cm³/mol. The highest BCUT2D eigenvalue weighted by molar-refractivity contribution is 5.62. The molecule has 5 nitrogen and oxygen atoms in total. The molecule has 0 atom stereocenters. The molecule has 22 heavy (non-hydrogen) atoms. The molecule has 0 saturated heterocycles. The van der Waals surface area contributed by atoms with Gasteiger partial charge in [0.2, 0.25) is 0 Å². The van der Waals surface area contributed by atoms with E-state index in [0.717, 1.165) is 23.4 Å². The fourth-order valence-corrected chi connectivity index (χ4v) is 2.40. The summed E-state index contributed by atoms with van der Waals surface area (Å²) in [6, 6.07) is 11.4. The zero-order chi connectivity index (χ0) is 15.9. The predicted octanol–water partition coefficient (Wildman–Crippen LogP) is 2.02. The number of hydrogen-bond acceptors (Lipinski definition) is 4. The van der Waals surface area contributed by atoms with E-state index in [0.29, 0.717) is 18.7 Å². The van der Waals surface area contributed by atoms with Crippen molar-refractivity contribution in [3.63, 3.8) is 0 Å². The average Bonchev–Trinajstić information content (AvgIpc) is 2.56. The number of nitrogens with zero attached hydrogens (tertiary/aromatic N) is 1. The van der Waals surface area contributed by atoms with Crippen LogP contribution in [-0.2, 0) is 17.8 Å². The van der Waals surface area contributed by atoms with Crippen LogP contribution in [0.1, 0.15) is 12.0 Å². The van der Waals surface area contributed by atoms with Gasteiger partial charge in [-0.05, 0) is 24.6 Å². The smallest absolute Gasteiger partial charge is 0.255 e. The minimum Gasteiger partial charge on any atom is -0.497 e. The van der Waals surface area contributed by atoms with Gasteiger partial charge in [-0.1, -0.05) is 18.2 Å². The molecule has 2 N–H and O–H groups in total. The summed E-state index contributed by atoms with van der Waals surface area (Å²) in [6.45, 7) is 1.44. The maximum absolute atomic E-state index is 12.6. The number of hydrogen-bond donors (Lipinski definition) is 1. The average molecular weight is 302 g/mol. The van der Waals surface area contributed by atoms with E-state index in [1.54, 1.807) is 24.9 Å². The van der Waals surface area contributed by atoms with Gasteiger partial charge in [-0.15, -0.1) is 0 Å². The van der Waals surface area contributed by atoms with E-state index in [1.165, 1.54) is 0 Å². The number of benzene rings is 1. The van der Waals surface area contributed by atoms with Gasteiger partial charge in [-0.25, -0.2) is 0 Å². The van der Waals surface area contributed by atoms with Gasteiger partial charge in [0.1, 0.15) is 5.75 Å². The number of rotatable bonds is 7. The van der Waals surface area contributed by atoms with Gasteiger partial charge in [0.25, 0.3) is 5.56 Å². The Labute approximate surface area is 130 Å². The quantitative estimate of drug-likeness (QED) is 0.795. The highest BCUT2D eigenvalue weighted by atomic mass is 16.5. The van der Waals surface area contributed by atoms with Crippen LogP contribution in [0.25, 0.3) is 11.3 Å². The largest absolute Gasteiger partial charge is 0.497 e. The molecule has 0 fully saturated rings. The highest BCUT2D eigenvalue weighted by Crippen LogP contribution is 2.23. The molecule has 0 spiro atoms. The first kappa shape index (κ1) is 16.3. The molecule has 1 heterocycles. The first-order valence-electron chi connectivity index (χ1n) is 7.27. The van der Waals surface area contributed by atoms with Gasteiger partial charge >= 0.3 is 0 Å². The molecule has 0 unspecified atom stereocenters. The Kier molecular flexibility index (Phi) is 5.75. The van der Waals surface area contributed by atoms with Crippen molar-refractivity contribution in [2.75, 3.05) is 20.8 Å². The third kappa shape index (κ3) is 3.55. The van der Waals surface area contributed by atoms with Gasteiger partial charge in [0.05, 0.1) is 12.8 Å². The fourth-order valence-electron chi connectivity index (χ4n) is 2.40. The summed E-state index contributed by atoms with van der Waals surface area (Å²) < 4.78 is 12.1. The van der Waals surface area contributed by atoms with Crippen molar-refractivity contribution in [2.24, 2.45) is 5.73 Å². The Morgan fingerprint density at radius 3 is 2.68 bits per heavy atom. The van der Waals surface area contributed by atoms with Gasteiger partial charge in [0.15, 0.2) is 0 Å². The zero-order valence-electron chi connectivity index (χ0n) is 13.0. The SMILES string of the molecule is COCCCn1c(-c2cccc(OC)c2)ccc(CN)c1=O. The Morgan fingerprint density at radius 2 is 2.00 bits per heavy atom. The summed E-state index contributed by atoms with van der Waals surface area (Å²) in [5.74, 6) is 0.760. The number of nitrogens with two attached hydrogens (primary N) is 1. The summed E-state index contributed by atoms with van der Waals surface area (Å²) in [6.07, 6.45) is 0.765. The second-order valence-electron chi connectivity index (χ2n) is 4.98. The van der Waals surface area contributed by atoms with Crippen LogP contribution in [0, 0.1) is 0 Å². The van der Waals surface area contributed by atoms with E-state index < -0.39 is 0 Å². The van der Waals surface area contributed by atoms with Crippen LogP contribution in [0.3, 0.4) is 0 Å². The van der Waals surface area contributed by atoms with Crippen molar-refractivity contribution in [3.05, 3.63) is 52.3 Å². The lowest BCUT2D eigenvalue weighted by Gasteiger charge is -2.15. The van der Waals surface area contributed by atoms with Gasteiger partial charge in [-0.3, -0.25) is 4.79 Å². The first-order chi connectivity index (χ1) is 10.7. The fraction of sp³-hybridized carbons (Fsp3) is 0.353. The maximum atomic E-state index is 12.6. The van der Waals surface area contributed by atoms with Crippen molar-refractivity contribution in [1.82, 2.24) is 4.57 Å². The molecule has 1 aromatic heterocycles. The standard InChI is InChI=1S/C17H22N2O3/c1-21-10-4-9-19-16(8-7-14(12-18)17(19)20)13-5-3-6-15(11-13)22-2/h3,5-8,11H,4,9-10,12,18H2,1-2H3. The van der Waals surface area contributed by atoms with Crippen molar-refractivity contribution < 1.29 is 9.47 Å². The van der Waals surface area contributed by atoms with Crippen molar-refractivity contribution >= 4 is 0 Å². The van der Waals surface area contributed by atoms with E-state index in [1.807, 2.05) is 30.3 Å². The van der Waals surface area contributed by atoms with E-state index in [-0.39, 0.29) is 12.1 Å². The highest BCUT2D eigenvalue weighted by Gasteiger charge is 2.10. The molecule has 0 aliphatic rings. The Bertz CT molecular complexity index is 680. The Hall–Kier alpha value is -2.11. The second-order valence-corrected chi connectivity index (χ2v) is 4.98. The van der Waals surface area contributed by atoms with E-state index in [2.05, 4.69) is 0 Å². The topological polar surface area (TPSA) is 66.5 Å². The minimum atomic E-state index is -0.0427. The molecule has 5 heteroatoms. The summed E-state index contributed by atoms with van der Waals surface area (Å²) in [5.41, 5.74) is 8.02. The van der Waals surface area contributed by atoms with Crippen LogP contribution in [0.15, 0.2) is 41.2 Å². The van der Waals surface area contributed by atoms with Crippen LogP contribution in [0.5, 0.6) is 5.75 Å². The van der Waals surface area contributed by atoms with E-state index in [4.69, 9.17) is 15.2 Å². The molecule has 0 radical (unpaired) electrons.